The van der Waals surface area contributed by atoms with Crippen LogP contribution in [0.25, 0.3) is 11.4 Å². The first-order valence-corrected chi connectivity index (χ1v) is 11.1. The second-order valence-electron chi connectivity index (χ2n) is 8.14. The number of rotatable bonds is 9. The molecule has 2 aromatic heterocycles. The number of nitrogens with one attached hydrogen (secondary N) is 2. The fraction of sp³-hybridized carbons (Fsp3) is 0.231. The van der Waals surface area contributed by atoms with Crippen molar-refractivity contribution in [2.24, 2.45) is 0 Å². The Morgan fingerprint density at radius 2 is 1.79 bits per heavy atom. The van der Waals surface area contributed by atoms with Crippen molar-refractivity contribution in [2.75, 3.05) is 5.32 Å². The number of nitrogens with zero attached hydrogens (tertiary/aromatic N) is 2. The van der Waals surface area contributed by atoms with E-state index in [0.717, 1.165) is 5.56 Å². The zero-order chi connectivity index (χ0) is 23.9. The molecule has 0 saturated carbocycles. The van der Waals surface area contributed by atoms with E-state index >= 15 is 0 Å². The molecule has 8 heteroatoms. The number of hydrogen-bond donors (Lipinski definition) is 2. The third-order valence-electron chi connectivity index (χ3n) is 5.32. The molecule has 0 fully saturated rings. The molecule has 2 N–H and O–H groups in total. The van der Waals surface area contributed by atoms with Crippen molar-refractivity contribution in [3.05, 3.63) is 89.7 Å². The maximum Gasteiger partial charge on any atom is 0.253 e. The lowest BCUT2D eigenvalue weighted by molar-refractivity contribution is -0.116. The highest BCUT2D eigenvalue weighted by Crippen LogP contribution is 2.21. The smallest absolute Gasteiger partial charge is 0.253 e. The number of hydrogen-bond acceptors (Lipinski definition) is 6. The lowest BCUT2D eigenvalue weighted by atomic mass is 10.0. The lowest BCUT2D eigenvalue weighted by Crippen LogP contribution is -2.24. The number of para-hydroxylation sites is 1. The van der Waals surface area contributed by atoms with Gasteiger partial charge in [-0.2, -0.15) is 4.98 Å². The molecule has 8 nitrogen and oxygen atoms in total. The molecule has 34 heavy (non-hydrogen) atoms. The highest BCUT2D eigenvalue weighted by Gasteiger charge is 2.15. The van der Waals surface area contributed by atoms with Crippen molar-refractivity contribution in [1.29, 1.82) is 0 Å². The van der Waals surface area contributed by atoms with Crippen LogP contribution < -0.4 is 10.6 Å². The lowest BCUT2D eigenvalue weighted by Gasteiger charge is -2.10. The molecule has 0 saturated heterocycles. The first-order chi connectivity index (χ1) is 16.5. The van der Waals surface area contributed by atoms with Crippen LogP contribution in [0.4, 0.5) is 5.69 Å². The van der Waals surface area contributed by atoms with E-state index in [1.165, 1.54) is 5.56 Å². The van der Waals surface area contributed by atoms with Crippen molar-refractivity contribution in [3.63, 3.8) is 0 Å². The first-order valence-electron chi connectivity index (χ1n) is 11.1. The third-order valence-corrected chi connectivity index (χ3v) is 5.32. The average molecular weight is 459 g/mol. The van der Waals surface area contributed by atoms with E-state index in [4.69, 9.17) is 8.94 Å². The maximum absolute atomic E-state index is 12.6. The van der Waals surface area contributed by atoms with E-state index in [-0.39, 0.29) is 31.2 Å². The fourth-order valence-electron chi connectivity index (χ4n) is 3.39. The van der Waals surface area contributed by atoms with Gasteiger partial charge in [-0.25, -0.2) is 0 Å². The minimum Gasteiger partial charge on any atom is -0.467 e. The van der Waals surface area contributed by atoms with Crippen LogP contribution in [0.1, 0.15) is 53.8 Å². The largest absolute Gasteiger partial charge is 0.467 e. The molecule has 4 rings (SSSR count). The van der Waals surface area contributed by atoms with Gasteiger partial charge in [-0.3, -0.25) is 9.59 Å². The van der Waals surface area contributed by atoms with Gasteiger partial charge >= 0.3 is 0 Å². The van der Waals surface area contributed by atoms with Crippen LogP contribution in [-0.4, -0.2) is 22.0 Å². The molecule has 0 aliphatic heterocycles. The van der Waals surface area contributed by atoms with Crippen molar-refractivity contribution < 1.29 is 18.5 Å². The molecule has 0 atom stereocenters. The summed E-state index contributed by atoms with van der Waals surface area (Å²) in [5, 5.41) is 9.60. The Morgan fingerprint density at radius 1 is 1.00 bits per heavy atom. The summed E-state index contributed by atoms with van der Waals surface area (Å²) in [6, 6.07) is 18.4. The Kier molecular flexibility index (Phi) is 7.17. The number of aryl methyl sites for hydroxylation is 1. The molecule has 0 aliphatic rings. The Hall–Kier alpha value is -4.20. The van der Waals surface area contributed by atoms with Crippen molar-refractivity contribution in [1.82, 2.24) is 15.5 Å². The molecule has 0 spiro atoms. The second-order valence-corrected chi connectivity index (χ2v) is 8.14. The third kappa shape index (κ3) is 5.78. The standard InChI is InChI=1S/C26H26N4O4/c1-17(2)18-9-11-19(12-10-18)25-29-24(34-30-25)14-13-23(31)28-22-8-4-3-7-21(22)26(32)27-16-20-6-5-15-33-20/h3-12,15,17H,13-14,16H2,1-2H3,(H,27,32)(H,28,31). The van der Waals surface area contributed by atoms with Crippen LogP contribution in [0, 0.1) is 0 Å². The molecule has 0 bridgehead atoms. The van der Waals surface area contributed by atoms with E-state index in [1.807, 2.05) is 24.3 Å². The van der Waals surface area contributed by atoms with E-state index in [9.17, 15) is 9.59 Å². The van der Waals surface area contributed by atoms with Gasteiger partial charge in [0.2, 0.25) is 17.6 Å². The van der Waals surface area contributed by atoms with Crippen LogP contribution in [0.5, 0.6) is 0 Å². The molecule has 2 heterocycles. The molecule has 174 valence electrons. The molecule has 4 aromatic rings. The van der Waals surface area contributed by atoms with Crippen molar-refractivity contribution in [2.45, 2.75) is 39.2 Å². The Morgan fingerprint density at radius 3 is 2.53 bits per heavy atom. The van der Waals surface area contributed by atoms with Gasteiger partial charge in [-0.05, 0) is 35.7 Å². The molecule has 2 aromatic carbocycles. The Bertz CT molecular complexity index is 1240. The Balaban J connectivity index is 1.33. The summed E-state index contributed by atoms with van der Waals surface area (Å²) in [5.41, 5.74) is 2.89. The van der Waals surface area contributed by atoms with Gasteiger partial charge in [-0.15, -0.1) is 0 Å². The van der Waals surface area contributed by atoms with Crippen molar-refractivity contribution >= 4 is 17.5 Å². The topological polar surface area (TPSA) is 110 Å². The van der Waals surface area contributed by atoms with Gasteiger partial charge in [-0.1, -0.05) is 55.4 Å². The Labute approximate surface area is 197 Å². The van der Waals surface area contributed by atoms with Gasteiger partial charge in [0.1, 0.15) is 5.76 Å². The number of benzene rings is 2. The zero-order valence-electron chi connectivity index (χ0n) is 19.1. The highest BCUT2D eigenvalue weighted by atomic mass is 16.5. The highest BCUT2D eigenvalue weighted by molar-refractivity contribution is 6.03. The van der Waals surface area contributed by atoms with Crippen LogP contribution >= 0.6 is 0 Å². The molecule has 0 unspecified atom stereocenters. The number of carbonyl (C=O) groups is 2. The van der Waals surface area contributed by atoms with Gasteiger partial charge in [0.05, 0.1) is 24.1 Å². The number of anilines is 1. The number of carbonyl (C=O) groups excluding carboxylic acids is 2. The molecule has 2 amide bonds. The normalized spacial score (nSPS) is 10.9. The summed E-state index contributed by atoms with van der Waals surface area (Å²) < 4.78 is 10.5. The van der Waals surface area contributed by atoms with E-state index < -0.39 is 0 Å². The molecule has 0 aliphatic carbocycles. The second kappa shape index (κ2) is 10.6. The van der Waals surface area contributed by atoms with Gasteiger partial charge in [0.15, 0.2) is 0 Å². The number of amides is 2. The summed E-state index contributed by atoms with van der Waals surface area (Å²) in [4.78, 5) is 29.5. The monoisotopic (exact) mass is 458 g/mol. The summed E-state index contributed by atoms with van der Waals surface area (Å²) in [6.07, 6.45) is 1.97. The maximum atomic E-state index is 12.6. The van der Waals surface area contributed by atoms with Gasteiger partial charge < -0.3 is 19.6 Å². The summed E-state index contributed by atoms with van der Waals surface area (Å²) in [5.74, 6) is 1.39. The predicted octanol–water partition coefficient (Wildman–Crippen LogP) is 4.95. The van der Waals surface area contributed by atoms with Crippen LogP contribution in [0.2, 0.25) is 0 Å². The minimum atomic E-state index is -0.308. The zero-order valence-corrected chi connectivity index (χ0v) is 19.1. The number of aromatic nitrogens is 2. The molecular weight excluding hydrogens is 432 g/mol. The van der Waals surface area contributed by atoms with E-state index in [0.29, 0.717) is 34.6 Å². The van der Waals surface area contributed by atoms with E-state index in [2.05, 4.69) is 34.6 Å². The SMILES string of the molecule is CC(C)c1ccc(-c2noc(CCC(=O)Nc3ccccc3C(=O)NCc3ccco3)n2)cc1. The fourth-order valence-corrected chi connectivity index (χ4v) is 3.39. The van der Waals surface area contributed by atoms with Gasteiger partial charge in [0.25, 0.3) is 5.91 Å². The first kappa shape index (κ1) is 23.0. The van der Waals surface area contributed by atoms with Gasteiger partial charge in [0, 0.05) is 18.4 Å². The minimum absolute atomic E-state index is 0.135. The van der Waals surface area contributed by atoms with Crippen LogP contribution in [0.15, 0.2) is 75.9 Å². The molecule has 0 radical (unpaired) electrons. The summed E-state index contributed by atoms with van der Waals surface area (Å²) in [7, 11) is 0. The van der Waals surface area contributed by atoms with Crippen LogP contribution in [-0.2, 0) is 17.8 Å². The molecular formula is C26H26N4O4. The quantitative estimate of drug-likeness (QED) is 0.367. The predicted molar refractivity (Wildman–Crippen MR) is 127 cm³/mol. The van der Waals surface area contributed by atoms with Crippen LogP contribution in [0.3, 0.4) is 0 Å². The van der Waals surface area contributed by atoms with E-state index in [1.54, 1.807) is 42.7 Å². The summed E-state index contributed by atoms with van der Waals surface area (Å²) >= 11 is 0. The van der Waals surface area contributed by atoms with Crippen molar-refractivity contribution in [3.8, 4) is 11.4 Å². The summed E-state index contributed by atoms with van der Waals surface area (Å²) in [6.45, 7) is 4.53. The number of furan rings is 1. The average Bonchev–Trinajstić information content (AvgIpc) is 3.54.